The van der Waals surface area contributed by atoms with E-state index in [9.17, 15) is 10.1 Å². The van der Waals surface area contributed by atoms with Crippen molar-refractivity contribution in [3.05, 3.63) is 28.3 Å². The van der Waals surface area contributed by atoms with Crippen molar-refractivity contribution < 1.29 is 9.66 Å². The lowest BCUT2D eigenvalue weighted by molar-refractivity contribution is -0.385. The Morgan fingerprint density at radius 2 is 2.28 bits per heavy atom. The molecule has 1 heterocycles. The monoisotopic (exact) mass is 266 g/mol. The van der Waals surface area contributed by atoms with Crippen molar-refractivity contribution in [1.82, 2.24) is 10.2 Å². The van der Waals surface area contributed by atoms with Gasteiger partial charge in [0.15, 0.2) is 5.01 Å². The van der Waals surface area contributed by atoms with Crippen LogP contribution in [0.5, 0.6) is 5.75 Å². The Morgan fingerprint density at radius 3 is 2.83 bits per heavy atom. The molecule has 2 rings (SSSR count). The van der Waals surface area contributed by atoms with E-state index in [4.69, 9.17) is 10.5 Å². The fraction of sp³-hybridized carbons (Fsp3) is 0.200. The molecule has 0 amide bonds. The number of nitrogen functional groups attached to an aromatic ring is 1. The summed E-state index contributed by atoms with van der Waals surface area (Å²) in [4.78, 5) is 10.5. The van der Waals surface area contributed by atoms with Crippen molar-refractivity contribution in [2.75, 3.05) is 12.3 Å². The van der Waals surface area contributed by atoms with Gasteiger partial charge in [-0.2, -0.15) is 0 Å². The Labute approximate surface area is 106 Å². The minimum atomic E-state index is -0.487. The maximum Gasteiger partial charge on any atom is 0.311 e. The predicted molar refractivity (Wildman–Crippen MR) is 67.6 cm³/mol. The highest BCUT2D eigenvalue weighted by Gasteiger charge is 2.21. The molecule has 8 heteroatoms. The third kappa shape index (κ3) is 2.23. The van der Waals surface area contributed by atoms with Crippen molar-refractivity contribution in [2.24, 2.45) is 0 Å². The van der Waals surface area contributed by atoms with Crippen LogP contribution in [0.3, 0.4) is 0 Å². The van der Waals surface area contributed by atoms with Gasteiger partial charge in [-0.05, 0) is 13.0 Å². The standard InChI is InChI=1S/C10H10N4O3S/c1-2-17-8-6(9-12-13-10(11)18-9)4-3-5-7(8)14(15)16/h3-5H,2H2,1H3,(H2,11,13). The van der Waals surface area contributed by atoms with Crippen LogP contribution in [-0.4, -0.2) is 21.7 Å². The average Bonchev–Trinajstić information content (AvgIpc) is 2.76. The third-order valence-electron chi connectivity index (χ3n) is 2.15. The molecule has 0 spiro atoms. The van der Waals surface area contributed by atoms with Gasteiger partial charge in [-0.25, -0.2) is 0 Å². The maximum atomic E-state index is 11.0. The summed E-state index contributed by atoms with van der Waals surface area (Å²) in [5.41, 5.74) is 5.94. The molecular weight excluding hydrogens is 256 g/mol. The SMILES string of the molecule is CCOc1c(-c2nnc(N)s2)cccc1[N+](=O)[O-]. The number of rotatable bonds is 4. The van der Waals surface area contributed by atoms with Crippen molar-refractivity contribution in [1.29, 1.82) is 0 Å². The Morgan fingerprint density at radius 1 is 1.50 bits per heavy atom. The van der Waals surface area contributed by atoms with E-state index in [1.165, 1.54) is 6.07 Å². The van der Waals surface area contributed by atoms with Gasteiger partial charge in [-0.1, -0.05) is 17.4 Å². The van der Waals surface area contributed by atoms with Gasteiger partial charge in [-0.3, -0.25) is 10.1 Å². The molecule has 1 aromatic heterocycles. The summed E-state index contributed by atoms with van der Waals surface area (Å²) < 4.78 is 5.35. The smallest absolute Gasteiger partial charge is 0.311 e. The Balaban J connectivity index is 2.59. The molecule has 0 fully saturated rings. The largest absolute Gasteiger partial charge is 0.487 e. The van der Waals surface area contributed by atoms with Crippen molar-refractivity contribution >= 4 is 22.2 Å². The normalized spacial score (nSPS) is 10.3. The Hall–Kier alpha value is -2.22. The van der Waals surface area contributed by atoms with Crippen LogP contribution in [0.4, 0.5) is 10.8 Å². The van der Waals surface area contributed by atoms with Crippen molar-refractivity contribution in [3.63, 3.8) is 0 Å². The van der Waals surface area contributed by atoms with Crippen molar-refractivity contribution in [3.8, 4) is 16.3 Å². The lowest BCUT2D eigenvalue weighted by atomic mass is 10.2. The van der Waals surface area contributed by atoms with Gasteiger partial charge in [0.1, 0.15) is 0 Å². The van der Waals surface area contributed by atoms with E-state index >= 15 is 0 Å². The van der Waals surface area contributed by atoms with E-state index in [0.717, 1.165) is 11.3 Å². The van der Waals surface area contributed by atoms with E-state index in [-0.39, 0.29) is 11.4 Å². The second-order valence-electron chi connectivity index (χ2n) is 3.29. The number of nitrogens with zero attached hydrogens (tertiary/aromatic N) is 3. The molecule has 7 nitrogen and oxygen atoms in total. The highest BCUT2D eigenvalue weighted by atomic mass is 32.1. The summed E-state index contributed by atoms with van der Waals surface area (Å²) in [5.74, 6) is 0.196. The number of aromatic nitrogens is 2. The molecule has 2 N–H and O–H groups in total. The van der Waals surface area contributed by atoms with Crippen LogP contribution in [-0.2, 0) is 0 Å². The second-order valence-corrected chi connectivity index (χ2v) is 4.30. The van der Waals surface area contributed by atoms with Crippen LogP contribution >= 0.6 is 11.3 Å². The zero-order chi connectivity index (χ0) is 13.1. The lowest BCUT2D eigenvalue weighted by Crippen LogP contribution is -1.99. The molecule has 0 unspecified atom stereocenters. The first-order valence-corrected chi connectivity index (χ1v) is 5.94. The molecule has 0 bridgehead atoms. The molecule has 94 valence electrons. The fourth-order valence-electron chi connectivity index (χ4n) is 1.48. The fourth-order valence-corrected chi connectivity index (χ4v) is 2.11. The van der Waals surface area contributed by atoms with E-state index in [2.05, 4.69) is 10.2 Å². The maximum absolute atomic E-state index is 11.0. The minimum absolute atomic E-state index is 0.0943. The Kier molecular flexibility index (Phi) is 3.38. The molecule has 0 saturated carbocycles. The van der Waals surface area contributed by atoms with E-state index in [1.54, 1.807) is 19.1 Å². The third-order valence-corrected chi connectivity index (χ3v) is 2.94. The molecule has 1 aromatic carbocycles. The number of anilines is 1. The molecule has 0 aliphatic heterocycles. The zero-order valence-electron chi connectivity index (χ0n) is 9.49. The van der Waals surface area contributed by atoms with Gasteiger partial charge < -0.3 is 10.5 Å². The number of para-hydroxylation sites is 1. The number of benzene rings is 1. The van der Waals surface area contributed by atoms with Crippen LogP contribution < -0.4 is 10.5 Å². The number of hydrogen-bond acceptors (Lipinski definition) is 7. The molecule has 2 aromatic rings. The lowest BCUT2D eigenvalue weighted by Gasteiger charge is -2.07. The number of nitro benzene ring substituents is 1. The molecule has 0 radical (unpaired) electrons. The van der Waals surface area contributed by atoms with Gasteiger partial charge in [0.05, 0.1) is 17.1 Å². The quantitative estimate of drug-likeness (QED) is 0.671. The molecular formula is C10H10N4O3S. The van der Waals surface area contributed by atoms with Gasteiger partial charge >= 0.3 is 5.69 Å². The van der Waals surface area contributed by atoms with Crippen LogP contribution in [0, 0.1) is 10.1 Å². The average molecular weight is 266 g/mol. The summed E-state index contributed by atoms with van der Waals surface area (Å²) in [6, 6.07) is 4.66. The van der Waals surface area contributed by atoms with Gasteiger partial charge in [0.2, 0.25) is 10.9 Å². The summed E-state index contributed by atoms with van der Waals surface area (Å²) in [6.45, 7) is 2.08. The first kappa shape index (κ1) is 12.2. The van der Waals surface area contributed by atoms with Crippen LogP contribution in [0.25, 0.3) is 10.6 Å². The summed E-state index contributed by atoms with van der Waals surface area (Å²) >= 11 is 1.15. The minimum Gasteiger partial charge on any atom is -0.487 e. The topological polar surface area (TPSA) is 104 Å². The molecule has 18 heavy (non-hydrogen) atoms. The van der Waals surface area contributed by atoms with E-state index in [0.29, 0.717) is 22.3 Å². The van der Waals surface area contributed by atoms with Crippen LogP contribution in [0.15, 0.2) is 18.2 Å². The number of ether oxygens (including phenoxy) is 1. The highest BCUT2D eigenvalue weighted by Crippen LogP contribution is 2.39. The predicted octanol–water partition coefficient (Wildman–Crippen LogP) is 2.09. The number of hydrogen-bond donors (Lipinski definition) is 1. The van der Waals surface area contributed by atoms with E-state index < -0.39 is 4.92 Å². The summed E-state index contributed by atoms with van der Waals surface area (Å²) in [6.07, 6.45) is 0. The molecule has 0 atom stereocenters. The van der Waals surface area contributed by atoms with Gasteiger partial charge in [-0.15, -0.1) is 10.2 Å². The number of nitrogens with two attached hydrogens (primary N) is 1. The molecule has 0 saturated heterocycles. The molecule has 0 aliphatic rings. The second kappa shape index (κ2) is 4.96. The highest BCUT2D eigenvalue weighted by molar-refractivity contribution is 7.18. The zero-order valence-corrected chi connectivity index (χ0v) is 10.3. The van der Waals surface area contributed by atoms with Crippen LogP contribution in [0.2, 0.25) is 0 Å². The Bertz CT molecular complexity index is 584. The summed E-state index contributed by atoms with van der Waals surface area (Å²) in [5, 5.41) is 19.3. The van der Waals surface area contributed by atoms with Gasteiger partial charge in [0, 0.05) is 6.07 Å². The first-order chi connectivity index (χ1) is 8.63. The molecule has 0 aliphatic carbocycles. The van der Waals surface area contributed by atoms with Gasteiger partial charge in [0.25, 0.3) is 0 Å². The summed E-state index contributed by atoms with van der Waals surface area (Å²) in [7, 11) is 0. The first-order valence-electron chi connectivity index (χ1n) is 5.13. The van der Waals surface area contributed by atoms with Crippen LogP contribution in [0.1, 0.15) is 6.92 Å². The number of nitro groups is 1. The van der Waals surface area contributed by atoms with E-state index in [1.807, 2.05) is 0 Å². The van der Waals surface area contributed by atoms with Crippen molar-refractivity contribution in [2.45, 2.75) is 6.92 Å².